The van der Waals surface area contributed by atoms with Gasteiger partial charge in [0.1, 0.15) is 0 Å². The van der Waals surface area contributed by atoms with E-state index in [1.165, 1.54) is 0 Å². The van der Waals surface area contributed by atoms with Crippen molar-refractivity contribution in [2.45, 2.75) is 38.9 Å². The Hall–Kier alpha value is -0.160. The summed E-state index contributed by atoms with van der Waals surface area (Å²) < 4.78 is 0. The highest BCUT2D eigenvalue weighted by Gasteiger charge is 1.90. The molecule has 4 N–H and O–H groups in total. The number of aliphatic hydroxyl groups is 2. The quantitative estimate of drug-likeness (QED) is 0.492. The van der Waals surface area contributed by atoms with Crippen LogP contribution in [0.5, 0.6) is 0 Å². The second kappa shape index (κ2) is 12.8. The number of nitrogens with one attached hydrogen (secondary N) is 2. The van der Waals surface area contributed by atoms with Crippen molar-refractivity contribution in [1.82, 2.24) is 10.6 Å². The lowest BCUT2D eigenvalue weighted by Crippen LogP contribution is -2.13. The first kappa shape index (κ1) is 16.3. The van der Waals surface area contributed by atoms with Crippen molar-refractivity contribution >= 4 is 0 Å². The molecule has 0 amide bonds. The van der Waals surface area contributed by atoms with Gasteiger partial charge >= 0.3 is 0 Å². The molecule has 0 fully saturated rings. The molecule has 0 aromatic rings. The summed E-state index contributed by atoms with van der Waals surface area (Å²) in [6, 6.07) is 0. The highest BCUT2D eigenvalue weighted by atomic mass is 16.3. The molecule has 0 rings (SSSR count). The van der Waals surface area contributed by atoms with Crippen LogP contribution < -0.4 is 10.6 Å². The zero-order valence-corrected chi connectivity index (χ0v) is 9.88. The Bertz CT molecular complexity index is 86.1. The van der Waals surface area contributed by atoms with E-state index in [4.69, 9.17) is 10.2 Å². The molecule has 0 radical (unpaired) electrons. The lowest BCUT2D eigenvalue weighted by atomic mass is 10.3. The second-order valence-electron chi connectivity index (χ2n) is 3.48. The molecule has 4 heteroatoms. The summed E-state index contributed by atoms with van der Waals surface area (Å²) in [6.45, 7) is 5.38. The summed E-state index contributed by atoms with van der Waals surface area (Å²) >= 11 is 0. The predicted molar refractivity (Wildman–Crippen MR) is 60.4 cm³/mol. The van der Waals surface area contributed by atoms with E-state index < -0.39 is 0 Å². The van der Waals surface area contributed by atoms with E-state index in [2.05, 4.69) is 10.6 Å². The molecule has 14 heavy (non-hydrogen) atoms. The fourth-order valence-corrected chi connectivity index (χ4v) is 0.706. The predicted octanol–water partition coefficient (Wildman–Crippen LogP) is -0.0466. The van der Waals surface area contributed by atoms with Gasteiger partial charge in [0.15, 0.2) is 0 Å². The molecule has 2 atom stereocenters. The van der Waals surface area contributed by atoms with Gasteiger partial charge in [-0.1, -0.05) is 0 Å². The minimum Gasteiger partial charge on any atom is -0.393 e. The van der Waals surface area contributed by atoms with Crippen LogP contribution in [0.15, 0.2) is 0 Å². The third-order valence-electron chi connectivity index (χ3n) is 1.62. The average Bonchev–Trinajstić information content (AvgIpc) is 2.12. The van der Waals surface area contributed by atoms with Crippen LogP contribution in [-0.2, 0) is 0 Å². The molecule has 0 aliphatic heterocycles. The van der Waals surface area contributed by atoms with E-state index in [1.54, 1.807) is 13.8 Å². The number of rotatable bonds is 6. The van der Waals surface area contributed by atoms with Gasteiger partial charge in [-0.25, -0.2) is 0 Å². The molecule has 0 saturated heterocycles. The number of hydrogen-bond acceptors (Lipinski definition) is 4. The molecule has 88 valence electrons. The van der Waals surface area contributed by atoms with E-state index in [0.717, 1.165) is 25.9 Å². The first-order valence-corrected chi connectivity index (χ1v) is 5.19. The smallest absolute Gasteiger partial charge is 0.0524 e. The van der Waals surface area contributed by atoms with Gasteiger partial charge in [-0.05, 0) is 53.9 Å². The fourth-order valence-electron chi connectivity index (χ4n) is 0.706. The van der Waals surface area contributed by atoms with Crippen LogP contribution in [0.1, 0.15) is 26.7 Å². The summed E-state index contributed by atoms with van der Waals surface area (Å²) in [5.74, 6) is 0. The molecular formula is C10H26N2O2. The highest BCUT2D eigenvalue weighted by Crippen LogP contribution is 1.84. The van der Waals surface area contributed by atoms with Crippen molar-refractivity contribution < 1.29 is 10.2 Å². The molecule has 0 bridgehead atoms. The maximum absolute atomic E-state index is 8.64. The van der Waals surface area contributed by atoms with Gasteiger partial charge in [0.25, 0.3) is 0 Å². The average molecular weight is 206 g/mol. The van der Waals surface area contributed by atoms with Gasteiger partial charge in [0, 0.05) is 0 Å². The van der Waals surface area contributed by atoms with E-state index in [9.17, 15) is 0 Å². The van der Waals surface area contributed by atoms with Gasteiger partial charge < -0.3 is 20.8 Å². The summed E-state index contributed by atoms with van der Waals surface area (Å²) in [5.41, 5.74) is 0. The third-order valence-corrected chi connectivity index (χ3v) is 1.62. The molecule has 0 saturated carbocycles. The topological polar surface area (TPSA) is 64.5 Å². The molecule has 2 unspecified atom stereocenters. The standard InChI is InChI=1S/2C5H13NO/c2*1-5(7)3-4-6-2/h2*5-7H,3-4H2,1-2H3. The molecule has 0 spiro atoms. The van der Waals surface area contributed by atoms with Crippen molar-refractivity contribution in [2.24, 2.45) is 0 Å². The Kier molecular flexibility index (Phi) is 14.9. The summed E-state index contributed by atoms with van der Waals surface area (Å²) in [4.78, 5) is 0. The van der Waals surface area contributed by atoms with Crippen LogP contribution in [0.25, 0.3) is 0 Å². The maximum Gasteiger partial charge on any atom is 0.0524 e. The summed E-state index contributed by atoms with van der Waals surface area (Å²) in [5, 5.41) is 23.2. The first-order chi connectivity index (χ1) is 6.54. The monoisotopic (exact) mass is 206 g/mol. The number of hydrogen-bond donors (Lipinski definition) is 4. The Morgan fingerprint density at radius 1 is 0.857 bits per heavy atom. The van der Waals surface area contributed by atoms with Gasteiger partial charge in [-0.2, -0.15) is 0 Å². The Balaban J connectivity index is 0. The van der Waals surface area contributed by atoms with Crippen molar-refractivity contribution in [3.05, 3.63) is 0 Å². The van der Waals surface area contributed by atoms with Crippen molar-refractivity contribution in [3.63, 3.8) is 0 Å². The van der Waals surface area contributed by atoms with Crippen LogP contribution >= 0.6 is 0 Å². The van der Waals surface area contributed by atoms with Crippen molar-refractivity contribution in [2.75, 3.05) is 27.2 Å². The highest BCUT2D eigenvalue weighted by molar-refractivity contribution is 4.47. The second-order valence-corrected chi connectivity index (χ2v) is 3.48. The van der Waals surface area contributed by atoms with E-state index >= 15 is 0 Å². The van der Waals surface area contributed by atoms with E-state index in [0.29, 0.717) is 0 Å². The molecular weight excluding hydrogens is 180 g/mol. The minimum absolute atomic E-state index is 0.160. The number of aliphatic hydroxyl groups excluding tert-OH is 2. The first-order valence-electron chi connectivity index (χ1n) is 5.19. The zero-order valence-electron chi connectivity index (χ0n) is 9.88. The molecule has 0 aliphatic carbocycles. The van der Waals surface area contributed by atoms with Crippen molar-refractivity contribution in [3.8, 4) is 0 Å². The Morgan fingerprint density at radius 2 is 1.14 bits per heavy atom. The fraction of sp³-hybridized carbons (Fsp3) is 1.00. The normalized spacial score (nSPS) is 14.1. The lowest BCUT2D eigenvalue weighted by Gasteiger charge is -1.99. The van der Waals surface area contributed by atoms with Crippen molar-refractivity contribution in [1.29, 1.82) is 0 Å². The molecule has 0 aromatic carbocycles. The van der Waals surface area contributed by atoms with Gasteiger partial charge in [0.05, 0.1) is 12.2 Å². The maximum atomic E-state index is 8.64. The van der Waals surface area contributed by atoms with E-state index in [-0.39, 0.29) is 12.2 Å². The Morgan fingerprint density at radius 3 is 1.21 bits per heavy atom. The van der Waals surface area contributed by atoms with E-state index in [1.807, 2.05) is 14.1 Å². The summed E-state index contributed by atoms with van der Waals surface area (Å²) in [6.07, 6.45) is 1.37. The molecule has 4 nitrogen and oxygen atoms in total. The van der Waals surface area contributed by atoms with Crippen LogP contribution in [0.2, 0.25) is 0 Å². The SMILES string of the molecule is CNCCC(C)O.CNCCC(C)O. The molecule has 0 aliphatic rings. The minimum atomic E-state index is -0.160. The van der Waals surface area contributed by atoms with Crippen LogP contribution in [0.3, 0.4) is 0 Å². The molecule has 0 heterocycles. The zero-order chi connectivity index (χ0) is 11.4. The van der Waals surface area contributed by atoms with Crippen LogP contribution in [-0.4, -0.2) is 49.6 Å². The summed E-state index contributed by atoms with van der Waals surface area (Å²) in [7, 11) is 3.75. The Labute approximate surface area is 87.7 Å². The van der Waals surface area contributed by atoms with Crippen LogP contribution in [0, 0.1) is 0 Å². The van der Waals surface area contributed by atoms with Gasteiger partial charge in [0.2, 0.25) is 0 Å². The van der Waals surface area contributed by atoms with Gasteiger partial charge in [-0.15, -0.1) is 0 Å². The van der Waals surface area contributed by atoms with Crippen LogP contribution in [0.4, 0.5) is 0 Å². The van der Waals surface area contributed by atoms with Gasteiger partial charge in [-0.3, -0.25) is 0 Å². The largest absolute Gasteiger partial charge is 0.393 e. The molecule has 0 aromatic heterocycles. The lowest BCUT2D eigenvalue weighted by molar-refractivity contribution is 0.184. The third kappa shape index (κ3) is 22.6.